The Morgan fingerprint density at radius 3 is 3.23 bits per heavy atom. The van der Waals surface area contributed by atoms with Crippen molar-refractivity contribution in [2.75, 3.05) is 19.7 Å². The molecule has 2 aromatic rings. The maximum absolute atomic E-state index is 5.49. The topological polar surface area (TPSA) is 80.1 Å². The van der Waals surface area contributed by atoms with Crippen molar-refractivity contribution >= 4 is 0 Å². The summed E-state index contributed by atoms with van der Waals surface area (Å²) in [4.78, 5) is 6.80. The number of aromatic amines is 1. The van der Waals surface area contributed by atoms with E-state index in [2.05, 4.69) is 31.3 Å². The van der Waals surface area contributed by atoms with Crippen LogP contribution in [0.4, 0.5) is 0 Å². The number of piperidine rings is 1. The van der Waals surface area contributed by atoms with Gasteiger partial charge in [0.05, 0.1) is 6.54 Å². The Morgan fingerprint density at radius 2 is 2.45 bits per heavy atom. The highest BCUT2D eigenvalue weighted by molar-refractivity contribution is 5.07. The number of nitrogens with zero attached hydrogens (tertiary/aromatic N) is 4. The fourth-order valence-electron chi connectivity index (χ4n) is 2.96. The molecule has 3 rings (SSSR count). The van der Waals surface area contributed by atoms with Gasteiger partial charge in [0.2, 0.25) is 5.89 Å². The van der Waals surface area contributed by atoms with Crippen LogP contribution in [0.2, 0.25) is 0 Å². The number of rotatable bonds is 6. The summed E-state index contributed by atoms with van der Waals surface area (Å²) < 4.78 is 10.8. The van der Waals surface area contributed by atoms with Gasteiger partial charge < -0.3 is 9.26 Å². The Kier molecular flexibility index (Phi) is 4.84. The van der Waals surface area contributed by atoms with Gasteiger partial charge in [0.15, 0.2) is 5.82 Å². The zero-order valence-electron chi connectivity index (χ0n) is 13.2. The minimum Gasteiger partial charge on any atom is -0.371 e. The van der Waals surface area contributed by atoms with Crippen LogP contribution in [0.1, 0.15) is 56.1 Å². The number of aromatic nitrogens is 4. The lowest BCUT2D eigenvalue weighted by Gasteiger charge is -2.30. The highest BCUT2D eigenvalue weighted by Gasteiger charge is 2.24. The van der Waals surface area contributed by atoms with Crippen LogP contribution in [0.15, 0.2) is 16.8 Å². The third-order valence-electron chi connectivity index (χ3n) is 4.09. The molecule has 0 aromatic carbocycles. The second kappa shape index (κ2) is 7.02. The van der Waals surface area contributed by atoms with E-state index >= 15 is 0 Å². The van der Waals surface area contributed by atoms with E-state index in [1.165, 1.54) is 18.5 Å². The van der Waals surface area contributed by atoms with Gasteiger partial charge in [-0.2, -0.15) is 10.1 Å². The van der Waals surface area contributed by atoms with Gasteiger partial charge in [-0.3, -0.25) is 10.00 Å². The highest BCUT2D eigenvalue weighted by atomic mass is 16.5. The second-order valence-electron chi connectivity index (χ2n) is 5.73. The molecular weight excluding hydrogens is 282 g/mol. The average molecular weight is 305 g/mol. The standard InChI is InChI=1S/C15H23N5O2/c1-3-21-11(2)15-17-14(22-19-15)10-20-8-4-5-12(9-20)13-6-7-16-18-13/h6-7,11-12H,3-5,8-10H2,1-2H3,(H,16,18)/t11-,12-/m0/s1. The molecule has 2 atom stereocenters. The molecule has 1 fully saturated rings. The van der Waals surface area contributed by atoms with E-state index in [9.17, 15) is 0 Å². The molecule has 0 unspecified atom stereocenters. The Balaban J connectivity index is 1.58. The smallest absolute Gasteiger partial charge is 0.240 e. The van der Waals surface area contributed by atoms with Gasteiger partial charge in [0.1, 0.15) is 6.10 Å². The summed E-state index contributed by atoms with van der Waals surface area (Å²) in [5.41, 5.74) is 1.21. The molecular formula is C15H23N5O2. The minimum atomic E-state index is -0.124. The number of hydrogen-bond donors (Lipinski definition) is 1. The highest BCUT2D eigenvalue weighted by Crippen LogP contribution is 2.26. The van der Waals surface area contributed by atoms with E-state index < -0.39 is 0 Å². The molecule has 7 heteroatoms. The first-order valence-corrected chi connectivity index (χ1v) is 7.92. The summed E-state index contributed by atoms with van der Waals surface area (Å²) in [6.45, 7) is 7.28. The SMILES string of the molecule is CCO[C@@H](C)c1noc(CN2CCC[C@H](c3ccn[nH]3)C2)n1. The average Bonchev–Trinajstić information content (AvgIpc) is 3.19. The van der Waals surface area contributed by atoms with Crippen molar-refractivity contribution in [3.8, 4) is 0 Å². The van der Waals surface area contributed by atoms with Crippen LogP contribution >= 0.6 is 0 Å². The maximum Gasteiger partial charge on any atom is 0.240 e. The lowest BCUT2D eigenvalue weighted by atomic mass is 9.95. The molecule has 2 aromatic heterocycles. The molecule has 22 heavy (non-hydrogen) atoms. The first kappa shape index (κ1) is 15.2. The van der Waals surface area contributed by atoms with Gasteiger partial charge >= 0.3 is 0 Å². The number of hydrogen-bond acceptors (Lipinski definition) is 6. The van der Waals surface area contributed by atoms with E-state index in [0.717, 1.165) is 13.1 Å². The largest absolute Gasteiger partial charge is 0.371 e. The van der Waals surface area contributed by atoms with Crippen molar-refractivity contribution in [3.05, 3.63) is 29.7 Å². The summed E-state index contributed by atoms with van der Waals surface area (Å²) in [6.07, 6.45) is 4.05. The first-order valence-electron chi connectivity index (χ1n) is 7.92. The Hall–Kier alpha value is -1.73. The van der Waals surface area contributed by atoms with Gasteiger partial charge in [0.25, 0.3) is 0 Å². The van der Waals surface area contributed by atoms with E-state index in [4.69, 9.17) is 9.26 Å². The Bertz CT molecular complexity index is 568. The van der Waals surface area contributed by atoms with Crippen molar-refractivity contribution in [1.82, 2.24) is 25.2 Å². The van der Waals surface area contributed by atoms with Gasteiger partial charge in [-0.15, -0.1) is 0 Å². The van der Waals surface area contributed by atoms with Crippen LogP contribution in [0, 0.1) is 0 Å². The van der Waals surface area contributed by atoms with Crippen LogP contribution in [0.3, 0.4) is 0 Å². The molecule has 1 saturated heterocycles. The van der Waals surface area contributed by atoms with Gasteiger partial charge in [-0.25, -0.2) is 0 Å². The van der Waals surface area contributed by atoms with Gasteiger partial charge in [-0.1, -0.05) is 5.16 Å². The van der Waals surface area contributed by atoms with E-state index in [1.54, 1.807) is 0 Å². The summed E-state index contributed by atoms with van der Waals surface area (Å²) in [7, 11) is 0. The predicted molar refractivity (Wildman–Crippen MR) is 80.2 cm³/mol. The van der Waals surface area contributed by atoms with Gasteiger partial charge in [0, 0.05) is 31.0 Å². The molecule has 1 aliphatic rings. The van der Waals surface area contributed by atoms with E-state index in [0.29, 0.717) is 30.8 Å². The molecule has 3 heterocycles. The summed E-state index contributed by atoms with van der Waals surface area (Å²) >= 11 is 0. The van der Waals surface area contributed by atoms with Crippen LogP contribution in [0.5, 0.6) is 0 Å². The fraction of sp³-hybridized carbons (Fsp3) is 0.667. The van der Waals surface area contributed by atoms with E-state index in [1.807, 2.05) is 20.0 Å². The minimum absolute atomic E-state index is 0.124. The molecule has 120 valence electrons. The molecule has 0 amide bonds. The van der Waals surface area contributed by atoms with Crippen molar-refractivity contribution in [1.29, 1.82) is 0 Å². The second-order valence-corrected chi connectivity index (χ2v) is 5.73. The Morgan fingerprint density at radius 1 is 1.55 bits per heavy atom. The monoisotopic (exact) mass is 305 g/mol. The number of nitrogens with one attached hydrogen (secondary N) is 1. The maximum atomic E-state index is 5.49. The van der Waals surface area contributed by atoms with Crippen molar-refractivity contribution < 1.29 is 9.26 Å². The third-order valence-corrected chi connectivity index (χ3v) is 4.09. The predicted octanol–water partition coefficient (Wildman–Crippen LogP) is 2.27. The normalized spacial score (nSPS) is 21.1. The molecule has 0 saturated carbocycles. The summed E-state index contributed by atoms with van der Waals surface area (Å²) in [5, 5.41) is 11.1. The fourth-order valence-corrected chi connectivity index (χ4v) is 2.96. The molecule has 0 radical (unpaired) electrons. The Labute approximate surface area is 130 Å². The van der Waals surface area contributed by atoms with Crippen LogP contribution in [-0.2, 0) is 11.3 Å². The molecule has 0 spiro atoms. The summed E-state index contributed by atoms with van der Waals surface area (Å²) in [6, 6.07) is 2.06. The van der Waals surface area contributed by atoms with Crippen molar-refractivity contribution in [3.63, 3.8) is 0 Å². The van der Waals surface area contributed by atoms with Crippen LogP contribution in [0.25, 0.3) is 0 Å². The number of likely N-dealkylation sites (tertiary alicyclic amines) is 1. The molecule has 1 aliphatic heterocycles. The lowest BCUT2D eigenvalue weighted by Crippen LogP contribution is -2.34. The van der Waals surface area contributed by atoms with Crippen LogP contribution < -0.4 is 0 Å². The van der Waals surface area contributed by atoms with Crippen molar-refractivity contribution in [2.45, 2.75) is 45.3 Å². The molecule has 0 aliphatic carbocycles. The number of H-pyrrole nitrogens is 1. The molecule has 0 bridgehead atoms. The van der Waals surface area contributed by atoms with Crippen LogP contribution in [-0.4, -0.2) is 44.9 Å². The zero-order valence-corrected chi connectivity index (χ0v) is 13.2. The van der Waals surface area contributed by atoms with Gasteiger partial charge in [-0.05, 0) is 39.3 Å². The quantitative estimate of drug-likeness (QED) is 0.882. The first-order chi connectivity index (χ1) is 10.8. The molecule has 1 N–H and O–H groups in total. The van der Waals surface area contributed by atoms with Crippen molar-refractivity contribution in [2.24, 2.45) is 0 Å². The van der Waals surface area contributed by atoms with E-state index in [-0.39, 0.29) is 6.10 Å². The summed E-state index contributed by atoms with van der Waals surface area (Å²) in [5.74, 6) is 1.78. The third kappa shape index (κ3) is 3.53. The number of ether oxygens (including phenoxy) is 1. The lowest BCUT2D eigenvalue weighted by molar-refractivity contribution is 0.0683. The molecule has 7 nitrogen and oxygen atoms in total. The zero-order chi connectivity index (χ0) is 15.4.